The van der Waals surface area contributed by atoms with Crippen molar-refractivity contribution in [1.82, 2.24) is 14.9 Å². The summed E-state index contributed by atoms with van der Waals surface area (Å²) in [6, 6.07) is 5.56. The van der Waals surface area contributed by atoms with Gasteiger partial charge < -0.3 is 14.5 Å². The van der Waals surface area contributed by atoms with Crippen LogP contribution in [0.4, 0.5) is 15.9 Å². The molecule has 1 aliphatic heterocycles. The summed E-state index contributed by atoms with van der Waals surface area (Å²) in [4.78, 5) is 29.8. The van der Waals surface area contributed by atoms with Gasteiger partial charge in [0, 0.05) is 54.2 Å². The quantitative estimate of drug-likeness (QED) is 0.304. The highest BCUT2D eigenvalue weighted by atomic mass is 31.0. The van der Waals surface area contributed by atoms with Gasteiger partial charge in [-0.1, -0.05) is 6.58 Å². The minimum absolute atomic E-state index is 0.0670. The molecule has 9 heteroatoms. The second-order valence-electron chi connectivity index (χ2n) is 8.38. The first-order valence-electron chi connectivity index (χ1n) is 11.4. The van der Waals surface area contributed by atoms with E-state index in [2.05, 4.69) is 41.7 Å². The molecule has 1 saturated heterocycles. The maximum atomic E-state index is 14.4. The number of aliphatic imine (C=N–C) groups is 1. The second-order valence-corrected chi connectivity index (χ2v) is 8.96. The van der Waals surface area contributed by atoms with Crippen LogP contribution >= 0.6 is 9.24 Å². The molecule has 1 fully saturated rings. The van der Waals surface area contributed by atoms with Crippen molar-refractivity contribution in [3.8, 4) is 17.1 Å². The SMILES string of the molecule is C=CC(=O)N1CCN(c2nc(OC)nc3c(P)c(-c4ccc(F)c(C)c4/N=C\C)c(C)cc23)CC1. The monoisotopic (exact) mass is 493 g/mol. The molecule has 0 aliphatic carbocycles. The minimum atomic E-state index is -0.293. The number of aryl methyl sites for hydroxylation is 1. The van der Waals surface area contributed by atoms with E-state index in [1.54, 1.807) is 31.2 Å². The fourth-order valence-electron chi connectivity index (χ4n) is 4.53. The third-order valence-corrected chi connectivity index (χ3v) is 6.89. The lowest BCUT2D eigenvalue weighted by atomic mass is 9.94. The number of rotatable bonds is 5. The standard InChI is InChI=1S/C26H29FN5O2P/c1-6-20(33)31-10-12-32(13-11-31)25-18-14-15(3)21(24(35)23(18)29-26(30-25)34-5)17-8-9-19(27)16(4)22(17)28-7-2/h6-9,14H,1,10-13,35H2,2-5H3/b28-7-. The number of halogens is 1. The van der Waals surface area contributed by atoms with Crippen LogP contribution in [0.25, 0.3) is 22.0 Å². The molecule has 2 heterocycles. The van der Waals surface area contributed by atoms with Crippen LogP contribution in [0, 0.1) is 19.7 Å². The van der Waals surface area contributed by atoms with E-state index >= 15 is 0 Å². The highest BCUT2D eigenvalue weighted by Crippen LogP contribution is 2.39. The number of hydrogen-bond donors (Lipinski definition) is 0. The Kier molecular flexibility index (Phi) is 7.13. The van der Waals surface area contributed by atoms with Crippen LogP contribution in [0.2, 0.25) is 0 Å². The summed E-state index contributed by atoms with van der Waals surface area (Å²) >= 11 is 0. The van der Waals surface area contributed by atoms with Gasteiger partial charge in [-0.25, -0.2) is 4.39 Å². The smallest absolute Gasteiger partial charge is 0.318 e. The Labute approximate surface area is 206 Å². The van der Waals surface area contributed by atoms with Gasteiger partial charge in [0.05, 0.1) is 18.3 Å². The Morgan fingerprint density at radius 1 is 1.23 bits per heavy atom. The van der Waals surface area contributed by atoms with Gasteiger partial charge in [-0.05, 0) is 56.2 Å². The number of anilines is 1. The van der Waals surface area contributed by atoms with Crippen LogP contribution in [-0.4, -0.2) is 60.3 Å². The van der Waals surface area contributed by atoms with E-state index in [0.717, 1.165) is 38.7 Å². The van der Waals surface area contributed by atoms with Crippen molar-refractivity contribution in [2.24, 2.45) is 4.99 Å². The average molecular weight is 494 g/mol. The van der Waals surface area contributed by atoms with Gasteiger partial charge in [0.1, 0.15) is 11.6 Å². The molecule has 1 unspecified atom stereocenters. The fourth-order valence-corrected chi connectivity index (χ4v) is 5.13. The number of amides is 1. The lowest BCUT2D eigenvalue weighted by Gasteiger charge is -2.35. The number of ether oxygens (including phenoxy) is 1. The summed E-state index contributed by atoms with van der Waals surface area (Å²) < 4.78 is 19.8. The van der Waals surface area contributed by atoms with Crippen molar-refractivity contribution in [3.63, 3.8) is 0 Å². The molecule has 0 spiro atoms. The number of nitrogens with zero attached hydrogens (tertiary/aromatic N) is 5. The molecule has 0 N–H and O–H groups in total. The first kappa shape index (κ1) is 24.7. The van der Waals surface area contributed by atoms with Gasteiger partial charge in [-0.15, -0.1) is 9.24 Å². The van der Waals surface area contributed by atoms with Gasteiger partial charge in [-0.3, -0.25) is 9.79 Å². The summed E-state index contributed by atoms with van der Waals surface area (Å²) in [7, 11) is 4.34. The number of piperazine rings is 1. The molecule has 0 saturated carbocycles. The van der Waals surface area contributed by atoms with Crippen LogP contribution in [0.1, 0.15) is 18.1 Å². The zero-order chi connectivity index (χ0) is 25.3. The topological polar surface area (TPSA) is 70.9 Å². The van der Waals surface area contributed by atoms with Crippen LogP contribution in [-0.2, 0) is 4.79 Å². The normalized spacial score (nSPS) is 14.1. The molecular formula is C26H29FN5O2P. The maximum Gasteiger partial charge on any atom is 0.318 e. The van der Waals surface area contributed by atoms with Crippen molar-refractivity contribution < 1.29 is 13.9 Å². The zero-order valence-electron chi connectivity index (χ0n) is 20.4. The Balaban J connectivity index is 1.89. The lowest BCUT2D eigenvalue weighted by molar-refractivity contribution is -0.126. The van der Waals surface area contributed by atoms with Gasteiger partial charge >= 0.3 is 6.01 Å². The molecule has 1 amide bonds. The summed E-state index contributed by atoms with van der Waals surface area (Å²) in [5.74, 6) is 0.402. The minimum Gasteiger partial charge on any atom is -0.467 e. The predicted molar refractivity (Wildman–Crippen MR) is 143 cm³/mol. The van der Waals surface area contributed by atoms with E-state index in [-0.39, 0.29) is 17.7 Å². The Bertz CT molecular complexity index is 1350. The molecule has 7 nitrogen and oxygen atoms in total. The van der Waals surface area contributed by atoms with Crippen molar-refractivity contribution in [2.45, 2.75) is 20.8 Å². The zero-order valence-corrected chi connectivity index (χ0v) is 21.6. The van der Waals surface area contributed by atoms with Crippen LogP contribution in [0.15, 0.2) is 35.8 Å². The molecule has 3 aromatic rings. The van der Waals surface area contributed by atoms with E-state index in [1.807, 2.05) is 13.8 Å². The van der Waals surface area contributed by atoms with Crippen molar-refractivity contribution in [2.75, 3.05) is 38.2 Å². The molecule has 1 aliphatic rings. The van der Waals surface area contributed by atoms with Crippen LogP contribution in [0.3, 0.4) is 0 Å². The van der Waals surface area contributed by atoms with Crippen molar-refractivity contribution in [1.29, 1.82) is 0 Å². The van der Waals surface area contributed by atoms with E-state index in [9.17, 15) is 9.18 Å². The third-order valence-electron chi connectivity index (χ3n) is 6.33. The molecule has 2 aromatic carbocycles. The highest BCUT2D eigenvalue weighted by molar-refractivity contribution is 7.29. The summed E-state index contributed by atoms with van der Waals surface area (Å²) in [5, 5.41) is 1.75. The van der Waals surface area contributed by atoms with Gasteiger partial charge in [0.15, 0.2) is 0 Å². The first-order chi connectivity index (χ1) is 16.8. The van der Waals surface area contributed by atoms with E-state index in [0.29, 0.717) is 37.4 Å². The fraction of sp³-hybridized carbons (Fsp3) is 0.308. The number of carbonyl (C=O) groups excluding carboxylic acids is 1. The second kappa shape index (κ2) is 10.1. The summed E-state index contributed by atoms with van der Waals surface area (Å²) in [6.45, 7) is 11.6. The number of hydrogen-bond acceptors (Lipinski definition) is 6. The summed E-state index contributed by atoms with van der Waals surface area (Å²) in [5.41, 5.74) is 4.59. The Morgan fingerprint density at radius 2 is 1.94 bits per heavy atom. The lowest BCUT2D eigenvalue weighted by Crippen LogP contribution is -2.48. The highest BCUT2D eigenvalue weighted by Gasteiger charge is 2.25. The number of fused-ring (bicyclic) bond motifs is 1. The molecule has 182 valence electrons. The average Bonchev–Trinajstić information content (AvgIpc) is 2.87. The summed E-state index contributed by atoms with van der Waals surface area (Å²) in [6.07, 6.45) is 3.02. The van der Waals surface area contributed by atoms with Gasteiger partial charge in [-0.2, -0.15) is 9.97 Å². The molecule has 0 bridgehead atoms. The number of methoxy groups -OCH3 is 1. The molecular weight excluding hydrogens is 464 g/mol. The molecule has 4 rings (SSSR count). The predicted octanol–water partition coefficient (Wildman–Crippen LogP) is 4.12. The van der Waals surface area contributed by atoms with Crippen LogP contribution in [0.5, 0.6) is 6.01 Å². The Hall–Kier alpha value is -3.38. The van der Waals surface area contributed by atoms with Gasteiger partial charge in [0.25, 0.3) is 0 Å². The third kappa shape index (κ3) is 4.50. The number of benzene rings is 2. The molecule has 0 radical (unpaired) electrons. The largest absolute Gasteiger partial charge is 0.467 e. The number of carbonyl (C=O) groups is 1. The van der Waals surface area contributed by atoms with Crippen molar-refractivity contribution >= 4 is 49.1 Å². The van der Waals surface area contributed by atoms with E-state index < -0.39 is 0 Å². The van der Waals surface area contributed by atoms with E-state index in [1.165, 1.54) is 12.1 Å². The number of aromatic nitrogens is 2. The van der Waals surface area contributed by atoms with Crippen molar-refractivity contribution in [3.05, 3.63) is 47.8 Å². The van der Waals surface area contributed by atoms with E-state index in [4.69, 9.17) is 4.74 Å². The first-order valence-corrected chi connectivity index (χ1v) is 12.0. The van der Waals surface area contributed by atoms with Gasteiger partial charge in [0.2, 0.25) is 5.91 Å². The molecule has 1 aromatic heterocycles. The molecule has 35 heavy (non-hydrogen) atoms. The van der Waals surface area contributed by atoms with Crippen LogP contribution < -0.4 is 14.9 Å². The molecule has 1 atom stereocenters. The Morgan fingerprint density at radius 3 is 2.57 bits per heavy atom. The maximum absolute atomic E-state index is 14.4.